The van der Waals surface area contributed by atoms with Crippen LogP contribution in [0.1, 0.15) is 35.8 Å². The van der Waals surface area contributed by atoms with E-state index < -0.39 is 15.8 Å². The molecule has 0 aliphatic heterocycles. The van der Waals surface area contributed by atoms with Gasteiger partial charge in [-0.3, -0.25) is 0 Å². The molecular formula is C13H20N2O4S. The molecule has 0 amide bonds. The molecular weight excluding hydrogens is 280 g/mol. The number of aryl methyl sites for hydroxylation is 1. The van der Waals surface area contributed by atoms with Gasteiger partial charge in [0.1, 0.15) is 15.7 Å². The van der Waals surface area contributed by atoms with Gasteiger partial charge >= 0.3 is 5.97 Å². The summed E-state index contributed by atoms with van der Waals surface area (Å²) in [6.07, 6.45) is 3.24. The SMILES string of the molecule is CCCc1cc(C(=O)O)cc(NCCCS(C)(=O)=O)n1. The fourth-order valence-corrected chi connectivity index (χ4v) is 2.41. The van der Waals surface area contributed by atoms with Gasteiger partial charge in [-0.25, -0.2) is 18.2 Å². The lowest BCUT2D eigenvalue weighted by Crippen LogP contribution is -2.11. The maximum absolute atomic E-state index is 11.0. The summed E-state index contributed by atoms with van der Waals surface area (Å²) in [7, 11) is -2.97. The zero-order valence-electron chi connectivity index (χ0n) is 11.7. The third-order valence-corrected chi connectivity index (χ3v) is 3.66. The third-order valence-electron chi connectivity index (χ3n) is 2.63. The third kappa shape index (κ3) is 6.01. The Morgan fingerprint density at radius 1 is 1.40 bits per heavy atom. The number of carbonyl (C=O) groups is 1. The van der Waals surface area contributed by atoms with E-state index in [-0.39, 0.29) is 11.3 Å². The summed E-state index contributed by atoms with van der Waals surface area (Å²) < 4.78 is 22.0. The molecule has 1 aromatic heterocycles. The number of nitrogens with one attached hydrogen (secondary N) is 1. The second-order valence-electron chi connectivity index (χ2n) is 4.70. The number of nitrogens with zero attached hydrogens (tertiary/aromatic N) is 1. The van der Waals surface area contributed by atoms with E-state index >= 15 is 0 Å². The van der Waals surface area contributed by atoms with Crippen LogP contribution in [0.25, 0.3) is 0 Å². The Morgan fingerprint density at radius 3 is 2.65 bits per heavy atom. The summed E-state index contributed by atoms with van der Waals surface area (Å²) in [5.74, 6) is -0.425. The zero-order chi connectivity index (χ0) is 15.2. The van der Waals surface area contributed by atoms with Gasteiger partial charge < -0.3 is 10.4 Å². The number of sulfone groups is 1. The molecule has 20 heavy (non-hydrogen) atoms. The van der Waals surface area contributed by atoms with Crippen LogP contribution in [0.4, 0.5) is 5.82 Å². The summed E-state index contributed by atoms with van der Waals surface area (Å²) in [5.41, 5.74) is 0.909. The van der Waals surface area contributed by atoms with Gasteiger partial charge in [-0.15, -0.1) is 0 Å². The van der Waals surface area contributed by atoms with E-state index in [2.05, 4.69) is 10.3 Å². The van der Waals surface area contributed by atoms with E-state index in [1.807, 2.05) is 6.92 Å². The monoisotopic (exact) mass is 300 g/mol. The number of anilines is 1. The molecule has 0 radical (unpaired) electrons. The quantitative estimate of drug-likeness (QED) is 0.708. The van der Waals surface area contributed by atoms with Crippen molar-refractivity contribution in [3.05, 3.63) is 23.4 Å². The Bertz CT molecular complexity index is 570. The van der Waals surface area contributed by atoms with Crippen molar-refractivity contribution >= 4 is 21.6 Å². The van der Waals surface area contributed by atoms with Crippen LogP contribution >= 0.6 is 0 Å². The van der Waals surface area contributed by atoms with Gasteiger partial charge in [-0.05, 0) is 25.0 Å². The van der Waals surface area contributed by atoms with Crippen molar-refractivity contribution in [3.8, 4) is 0 Å². The minimum absolute atomic E-state index is 0.0977. The van der Waals surface area contributed by atoms with Crippen molar-refractivity contribution in [2.45, 2.75) is 26.2 Å². The Balaban J connectivity index is 2.71. The molecule has 7 heteroatoms. The molecule has 0 aliphatic rings. The standard InChI is InChI=1S/C13H20N2O4S/c1-3-5-11-8-10(13(16)17)9-12(15-11)14-6-4-7-20(2,18)19/h8-9H,3-7H2,1-2H3,(H,14,15)(H,16,17). The summed E-state index contributed by atoms with van der Waals surface area (Å²) >= 11 is 0. The lowest BCUT2D eigenvalue weighted by molar-refractivity contribution is 0.0696. The van der Waals surface area contributed by atoms with Gasteiger partial charge in [0.2, 0.25) is 0 Å². The van der Waals surface area contributed by atoms with Crippen molar-refractivity contribution in [1.82, 2.24) is 4.98 Å². The van der Waals surface area contributed by atoms with E-state index in [0.717, 1.165) is 12.1 Å². The molecule has 0 saturated carbocycles. The Kier molecular flexibility index (Phi) is 5.94. The van der Waals surface area contributed by atoms with E-state index in [1.165, 1.54) is 12.3 Å². The molecule has 0 saturated heterocycles. The molecule has 1 rings (SSSR count). The maximum Gasteiger partial charge on any atom is 0.335 e. The van der Waals surface area contributed by atoms with Gasteiger partial charge in [0.05, 0.1) is 11.3 Å². The van der Waals surface area contributed by atoms with Gasteiger partial charge in [0, 0.05) is 18.5 Å². The Morgan fingerprint density at radius 2 is 2.10 bits per heavy atom. The molecule has 6 nitrogen and oxygen atoms in total. The predicted molar refractivity (Wildman–Crippen MR) is 78.0 cm³/mol. The lowest BCUT2D eigenvalue weighted by Gasteiger charge is -2.08. The summed E-state index contributed by atoms with van der Waals surface area (Å²) in [4.78, 5) is 15.4. The minimum atomic E-state index is -2.97. The van der Waals surface area contributed by atoms with Gasteiger partial charge in [-0.1, -0.05) is 13.3 Å². The highest BCUT2D eigenvalue weighted by Gasteiger charge is 2.08. The molecule has 0 aromatic carbocycles. The number of aromatic carboxylic acids is 1. The van der Waals surface area contributed by atoms with Crippen LogP contribution in [0.5, 0.6) is 0 Å². The number of hydrogen-bond acceptors (Lipinski definition) is 5. The topological polar surface area (TPSA) is 96.4 Å². The molecule has 2 N–H and O–H groups in total. The van der Waals surface area contributed by atoms with Crippen molar-refractivity contribution in [2.24, 2.45) is 0 Å². The van der Waals surface area contributed by atoms with Crippen LogP contribution in [0.3, 0.4) is 0 Å². The highest BCUT2D eigenvalue weighted by atomic mass is 32.2. The number of rotatable bonds is 8. The lowest BCUT2D eigenvalue weighted by atomic mass is 10.1. The number of carboxylic acids is 1. The number of hydrogen-bond donors (Lipinski definition) is 2. The molecule has 0 atom stereocenters. The average Bonchev–Trinajstić information content (AvgIpc) is 2.33. The first-order chi connectivity index (χ1) is 9.31. The first-order valence-corrected chi connectivity index (χ1v) is 8.53. The number of pyridine rings is 1. The van der Waals surface area contributed by atoms with Crippen LogP contribution < -0.4 is 5.32 Å². The largest absolute Gasteiger partial charge is 0.478 e. The molecule has 1 heterocycles. The number of aromatic nitrogens is 1. The average molecular weight is 300 g/mol. The van der Waals surface area contributed by atoms with Crippen molar-refractivity contribution in [1.29, 1.82) is 0 Å². The fraction of sp³-hybridized carbons (Fsp3) is 0.538. The van der Waals surface area contributed by atoms with E-state index in [4.69, 9.17) is 5.11 Å². The van der Waals surface area contributed by atoms with Crippen LogP contribution in [-0.2, 0) is 16.3 Å². The Hall–Kier alpha value is -1.63. The smallest absolute Gasteiger partial charge is 0.335 e. The van der Waals surface area contributed by atoms with Crippen LogP contribution in [0.2, 0.25) is 0 Å². The van der Waals surface area contributed by atoms with Crippen molar-refractivity contribution in [3.63, 3.8) is 0 Å². The van der Waals surface area contributed by atoms with E-state index in [0.29, 0.717) is 25.2 Å². The predicted octanol–water partition coefficient (Wildman–Crippen LogP) is 1.58. The highest BCUT2D eigenvalue weighted by Crippen LogP contribution is 2.12. The highest BCUT2D eigenvalue weighted by molar-refractivity contribution is 7.90. The van der Waals surface area contributed by atoms with Crippen molar-refractivity contribution < 1.29 is 18.3 Å². The number of carboxylic acid groups (broad SMARTS) is 1. The molecule has 0 unspecified atom stereocenters. The minimum Gasteiger partial charge on any atom is -0.478 e. The van der Waals surface area contributed by atoms with E-state index in [9.17, 15) is 13.2 Å². The second kappa shape index (κ2) is 7.23. The fourth-order valence-electron chi connectivity index (χ4n) is 1.74. The van der Waals surface area contributed by atoms with E-state index in [1.54, 1.807) is 6.07 Å². The first kappa shape index (κ1) is 16.4. The van der Waals surface area contributed by atoms with Crippen molar-refractivity contribution in [2.75, 3.05) is 23.9 Å². The normalized spacial score (nSPS) is 11.3. The summed E-state index contributed by atoms with van der Waals surface area (Å²) in [6, 6.07) is 3.02. The van der Waals surface area contributed by atoms with Gasteiger partial charge in [0.15, 0.2) is 0 Å². The Labute approximate surface area is 119 Å². The summed E-state index contributed by atoms with van der Waals surface area (Å²) in [6.45, 7) is 2.43. The van der Waals surface area contributed by atoms with Crippen LogP contribution in [0, 0.1) is 0 Å². The molecule has 1 aromatic rings. The van der Waals surface area contributed by atoms with Gasteiger partial charge in [-0.2, -0.15) is 0 Å². The van der Waals surface area contributed by atoms with Gasteiger partial charge in [0.25, 0.3) is 0 Å². The molecule has 0 fully saturated rings. The second-order valence-corrected chi connectivity index (χ2v) is 6.96. The maximum atomic E-state index is 11.0. The molecule has 0 spiro atoms. The summed E-state index contributed by atoms with van der Waals surface area (Å²) in [5, 5.41) is 12.0. The van der Waals surface area contributed by atoms with Crippen LogP contribution in [0.15, 0.2) is 12.1 Å². The molecule has 0 bridgehead atoms. The zero-order valence-corrected chi connectivity index (χ0v) is 12.5. The molecule has 112 valence electrons. The van der Waals surface area contributed by atoms with Crippen LogP contribution in [-0.4, -0.2) is 43.0 Å². The molecule has 0 aliphatic carbocycles. The first-order valence-electron chi connectivity index (χ1n) is 6.47.